The van der Waals surface area contributed by atoms with Crippen LogP contribution in [0.15, 0.2) is 48.5 Å². The first-order valence-corrected chi connectivity index (χ1v) is 11.9. The maximum Gasteiger partial charge on any atom is 0.407 e. The second kappa shape index (κ2) is 11.7. The van der Waals surface area contributed by atoms with Crippen molar-refractivity contribution in [2.24, 2.45) is 5.92 Å². The van der Waals surface area contributed by atoms with Crippen molar-refractivity contribution in [1.82, 2.24) is 10.6 Å². The van der Waals surface area contributed by atoms with E-state index in [4.69, 9.17) is 9.84 Å². The second-order valence-electron chi connectivity index (χ2n) is 9.24. The van der Waals surface area contributed by atoms with Crippen molar-refractivity contribution in [2.75, 3.05) is 6.61 Å². The third-order valence-electron chi connectivity index (χ3n) is 6.06. The Bertz CT molecular complexity index is 974. The van der Waals surface area contributed by atoms with Gasteiger partial charge in [-0.15, -0.1) is 0 Å². The zero-order chi connectivity index (χ0) is 24.7. The Balaban J connectivity index is 1.65. The average molecular weight is 467 g/mol. The van der Waals surface area contributed by atoms with Crippen LogP contribution in [-0.2, 0) is 14.3 Å². The van der Waals surface area contributed by atoms with E-state index in [0.717, 1.165) is 28.7 Å². The average Bonchev–Trinajstić information content (AvgIpc) is 3.10. The van der Waals surface area contributed by atoms with Crippen molar-refractivity contribution in [3.63, 3.8) is 0 Å². The molecule has 1 aliphatic carbocycles. The Kier molecular flexibility index (Phi) is 8.68. The van der Waals surface area contributed by atoms with Gasteiger partial charge in [0.2, 0.25) is 5.91 Å². The normalized spacial score (nSPS) is 14.1. The van der Waals surface area contributed by atoms with E-state index in [1.54, 1.807) is 0 Å². The summed E-state index contributed by atoms with van der Waals surface area (Å²) in [6, 6.07) is 14.9. The lowest BCUT2D eigenvalue weighted by Gasteiger charge is -2.24. The highest BCUT2D eigenvalue weighted by Gasteiger charge is 2.30. The van der Waals surface area contributed by atoms with Gasteiger partial charge in [-0.25, -0.2) is 4.79 Å². The lowest BCUT2D eigenvalue weighted by molar-refractivity contribution is -0.137. The van der Waals surface area contributed by atoms with Gasteiger partial charge >= 0.3 is 12.1 Å². The number of carbonyl (C=O) groups excluding carboxylic acids is 2. The molecule has 0 radical (unpaired) electrons. The van der Waals surface area contributed by atoms with Crippen molar-refractivity contribution in [3.05, 3.63) is 59.7 Å². The molecule has 2 aromatic rings. The predicted molar refractivity (Wildman–Crippen MR) is 131 cm³/mol. The number of amides is 2. The van der Waals surface area contributed by atoms with Crippen LogP contribution in [-0.4, -0.2) is 41.8 Å². The third-order valence-corrected chi connectivity index (χ3v) is 6.06. The van der Waals surface area contributed by atoms with Gasteiger partial charge in [-0.3, -0.25) is 9.59 Å². The number of ether oxygens (including phenoxy) is 1. The Morgan fingerprint density at radius 2 is 1.56 bits per heavy atom. The Labute approximate surface area is 200 Å². The maximum absolute atomic E-state index is 12.9. The number of carboxylic acid groups (broad SMARTS) is 1. The number of fused-ring (bicyclic) bond motifs is 3. The van der Waals surface area contributed by atoms with Crippen molar-refractivity contribution < 1.29 is 24.2 Å². The van der Waals surface area contributed by atoms with Crippen molar-refractivity contribution in [2.45, 2.75) is 64.5 Å². The van der Waals surface area contributed by atoms with Gasteiger partial charge < -0.3 is 20.5 Å². The maximum atomic E-state index is 12.9. The fourth-order valence-corrected chi connectivity index (χ4v) is 4.57. The van der Waals surface area contributed by atoms with Crippen LogP contribution in [0.2, 0.25) is 0 Å². The quantitative estimate of drug-likeness (QED) is 0.445. The summed E-state index contributed by atoms with van der Waals surface area (Å²) in [5, 5.41) is 14.6. The summed E-state index contributed by atoms with van der Waals surface area (Å²) < 4.78 is 5.59. The molecule has 0 heterocycles. The predicted octanol–water partition coefficient (Wildman–Crippen LogP) is 4.70. The molecule has 0 spiro atoms. The van der Waals surface area contributed by atoms with Crippen molar-refractivity contribution in [1.29, 1.82) is 0 Å². The zero-order valence-electron chi connectivity index (χ0n) is 20.0. The molecule has 34 heavy (non-hydrogen) atoms. The molecule has 0 aliphatic heterocycles. The van der Waals surface area contributed by atoms with E-state index in [-0.39, 0.29) is 30.8 Å². The monoisotopic (exact) mass is 466 g/mol. The number of carbonyl (C=O) groups is 3. The molecule has 7 heteroatoms. The van der Waals surface area contributed by atoms with Crippen LogP contribution < -0.4 is 10.6 Å². The number of alkyl carbamates (subject to hydrolysis) is 1. The Morgan fingerprint density at radius 1 is 0.971 bits per heavy atom. The van der Waals surface area contributed by atoms with Crippen molar-refractivity contribution in [3.8, 4) is 11.1 Å². The molecule has 0 fully saturated rings. The number of carboxylic acids is 1. The first kappa shape index (κ1) is 25.3. The number of nitrogens with one attached hydrogen (secondary N) is 2. The fraction of sp³-hybridized carbons (Fsp3) is 0.444. The zero-order valence-corrected chi connectivity index (χ0v) is 20.0. The van der Waals surface area contributed by atoms with E-state index >= 15 is 0 Å². The SMILES string of the molecule is CCCC(CC(=O)O)NC(=O)C(CC(C)C)NC(=O)OCC1c2ccccc2-c2ccccc21. The molecular weight excluding hydrogens is 432 g/mol. The summed E-state index contributed by atoms with van der Waals surface area (Å²) >= 11 is 0. The molecule has 0 saturated carbocycles. The van der Waals surface area contributed by atoms with Gasteiger partial charge in [0.25, 0.3) is 0 Å². The van der Waals surface area contributed by atoms with Gasteiger partial charge in [-0.05, 0) is 41.0 Å². The van der Waals surface area contributed by atoms with Crippen LogP contribution in [0.3, 0.4) is 0 Å². The molecule has 2 unspecified atom stereocenters. The van der Waals surface area contributed by atoms with Gasteiger partial charge in [0, 0.05) is 12.0 Å². The lowest BCUT2D eigenvalue weighted by Crippen LogP contribution is -2.50. The number of rotatable bonds is 11. The highest BCUT2D eigenvalue weighted by Crippen LogP contribution is 2.44. The largest absolute Gasteiger partial charge is 0.481 e. The Morgan fingerprint density at radius 3 is 2.09 bits per heavy atom. The van der Waals surface area contributed by atoms with Gasteiger partial charge in [0.15, 0.2) is 0 Å². The topological polar surface area (TPSA) is 105 Å². The summed E-state index contributed by atoms with van der Waals surface area (Å²) in [6.45, 7) is 6.01. The molecule has 2 amide bonds. The second-order valence-corrected chi connectivity index (χ2v) is 9.24. The first-order chi connectivity index (χ1) is 16.3. The molecule has 182 valence electrons. The molecule has 2 atom stereocenters. The van der Waals surface area contributed by atoms with Crippen LogP contribution in [0.5, 0.6) is 0 Å². The summed E-state index contributed by atoms with van der Waals surface area (Å²) in [6.07, 6.45) is 0.901. The molecule has 0 bridgehead atoms. The van der Waals surface area contributed by atoms with Crippen LogP contribution >= 0.6 is 0 Å². The number of hydrogen-bond acceptors (Lipinski definition) is 4. The summed E-state index contributed by atoms with van der Waals surface area (Å²) in [4.78, 5) is 36.7. The smallest absolute Gasteiger partial charge is 0.407 e. The summed E-state index contributed by atoms with van der Waals surface area (Å²) in [5.74, 6) is -1.28. The minimum Gasteiger partial charge on any atom is -0.481 e. The van der Waals surface area contributed by atoms with Crippen LogP contribution in [0.25, 0.3) is 11.1 Å². The van der Waals surface area contributed by atoms with Gasteiger partial charge in [-0.2, -0.15) is 0 Å². The molecule has 3 rings (SSSR count). The molecule has 3 N–H and O–H groups in total. The van der Waals surface area contributed by atoms with E-state index < -0.39 is 24.1 Å². The lowest BCUT2D eigenvalue weighted by atomic mass is 9.98. The minimum absolute atomic E-state index is 0.0694. The number of benzene rings is 2. The van der Waals surface area contributed by atoms with E-state index in [2.05, 4.69) is 22.8 Å². The Hall–Kier alpha value is -3.35. The van der Waals surface area contributed by atoms with Crippen molar-refractivity contribution >= 4 is 18.0 Å². The fourth-order valence-electron chi connectivity index (χ4n) is 4.57. The summed E-state index contributed by atoms with van der Waals surface area (Å²) in [7, 11) is 0. The number of aliphatic carboxylic acids is 1. The van der Waals surface area contributed by atoms with Crippen LogP contribution in [0.1, 0.15) is 63.5 Å². The standard InChI is InChI=1S/C27H34N2O5/c1-4-9-18(15-25(30)31)28-26(32)24(14-17(2)3)29-27(33)34-16-23-21-12-7-5-10-19(21)20-11-6-8-13-22(20)23/h5-8,10-13,17-18,23-24H,4,9,14-16H2,1-3H3,(H,28,32)(H,29,33)(H,30,31). The molecule has 1 aliphatic rings. The highest BCUT2D eigenvalue weighted by atomic mass is 16.5. The minimum atomic E-state index is -0.969. The molecular formula is C27H34N2O5. The molecule has 2 aromatic carbocycles. The molecule has 0 saturated heterocycles. The number of hydrogen-bond donors (Lipinski definition) is 3. The van der Waals surface area contributed by atoms with E-state index in [0.29, 0.717) is 12.8 Å². The van der Waals surface area contributed by atoms with E-state index in [9.17, 15) is 14.4 Å². The van der Waals surface area contributed by atoms with Gasteiger partial charge in [0.1, 0.15) is 12.6 Å². The third kappa shape index (κ3) is 6.37. The van der Waals surface area contributed by atoms with E-state index in [1.165, 1.54) is 0 Å². The molecule has 0 aromatic heterocycles. The summed E-state index contributed by atoms with van der Waals surface area (Å²) in [5.41, 5.74) is 4.52. The van der Waals surface area contributed by atoms with Crippen LogP contribution in [0, 0.1) is 5.92 Å². The molecule has 7 nitrogen and oxygen atoms in total. The van der Waals surface area contributed by atoms with Gasteiger partial charge in [0.05, 0.1) is 6.42 Å². The first-order valence-electron chi connectivity index (χ1n) is 11.9. The highest BCUT2D eigenvalue weighted by molar-refractivity contribution is 5.86. The van der Waals surface area contributed by atoms with Gasteiger partial charge in [-0.1, -0.05) is 75.7 Å². The van der Waals surface area contributed by atoms with Crippen LogP contribution in [0.4, 0.5) is 4.79 Å². The van der Waals surface area contributed by atoms with E-state index in [1.807, 2.05) is 57.2 Å².